The van der Waals surface area contributed by atoms with E-state index in [-0.39, 0.29) is 0 Å². The highest BCUT2D eigenvalue weighted by Crippen LogP contribution is 2.18. The summed E-state index contributed by atoms with van der Waals surface area (Å²) in [6.45, 7) is 7.07. The standard InChI is InChI=1S/C18H41N3Si/c1-8-9-10-11-12-13-14-15-16-17-22(6,7)19-18(20(2)3)21(4)5/h8-17H2,1-7H3. The van der Waals surface area contributed by atoms with Gasteiger partial charge >= 0.3 is 0 Å². The van der Waals surface area contributed by atoms with E-state index in [0.29, 0.717) is 0 Å². The maximum Gasteiger partial charge on any atom is 0.186 e. The highest BCUT2D eigenvalue weighted by molar-refractivity contribution is 6.76. The molecule has 132 valence electrons. The SMILES string of the molecule is CCCCCCCCCCC[Si](C)(C)N=C(N(C)C)N(C)C. The van der Waals surface area contributed by atoms with Crippen molar-refractivity contribution in [2.75, 3.05) is 28.2 Å². The average Bonchev–Trinajstić information content (AvgIpc) is 2.42. The van der Waals surface area contributed by atoms with E-state index in [1.807, 2.05) is 0 Å². The Bertz CT molecular complexity index is 289. The Morgan fingerprint density at radius 3 is 1.55 bits per heavy atom. The second-order valence-corrected chi connectivity index (χ2v) is 11.9. The topological polar surface area (TPSA) is 18.8 Å². The summed E-state index contributed by atoms with van der Waals surface area (Å²) in [7, 11) is 6.87. The summed E-state index contributed by atoms with van der Waals surface area (Å²) >= 11 is 0. The summed E-state index contributed by atoms with van der Waals surface area (Å²) in [5, 5.41) is 0. The van der Waals surface area contributed by atoms with Crippen LogP contribution in [0, 0.1) is 0 Å². The third-order valence-corrected chi connectivity index (χ3v) is 6.48. The number of hydrogen-bond donors (Lipinski definition) is 0. The molecule has 0 radical (unpaired) electrons. The Morgan fingerprint density at radius 2 is 1.14 bits per heavy atom. The minimum absolute atomic E-state index is 1.12. The third-order valence-electron chi connectivity index (χ3n) is 4.09. The first kappa shape index (κ1) is 21.5. The van der Waals surface area contributed by atoms with Crippen molar-refractivity contribution in [1.29, 1.82) is 0 Å². The van der Waals surface area contributed by atoms with Crippen LogP contribution in [0.4, 0.5) is 0 Å². The van der Waals surface area contributed by atoms with E-state index in [2.05, 4.69) is 58.0 Å². The number of nitrogens with zero attached hydrogens (tertiary/aromatic N) is 3. The van der Waals surface area contributed by atoms with Crippen LogP contribution in [0.25, 0.3) is 0 Å². The van der Waals surface area contributed by atoms with Crippen LogP contribution in [0.15, 0.2) is 4.66 Å². The van der Waals surface area contributed by atoms with Crippen LogP contribution in [0.2, 0.25) is 19.1 Å². The van der Waals surface area contributed by atoms with Crippen molar-refractivity contribution < 1.29 is 0 Å². The molecule has 0 aromatic heterocycles. The van der Waals surface area contributed by atoms with E-state index < -0.39 is 8.24 Å². The zero-order valence-electron chi connectivity index (χ0n) is 16.4. The molecule has 0 aliphatic heterocycles. The Balaban J connectivity index is 3.91. The predicted octanol–water partition coefficient (Wildman–Crippen LogP) is 5.20. The molecule has 0 amide bonds. The van der Waals surface area contributed by atoms with Crippen molar-refractivity contribution in [2.24, 2.45) is 4.66 Å². The average molecular weight is 328 g/mol. The van der Waals surface area contributed by atoms with E-state index in [1.54, 1.807) is 0 Å². The smallest absolute Gasteiger partial charge is 0.186 e. The Kier molecular flexibility index (Phi) is 11.7. The zero-order chi connectivity index (χ0) is 17.0. The van der Waals surface area contributed by atoms with E-state index in [4.69, 9.17) is 4.66 Å². The molecule has 3 nitrogen and oxygen atoms in total. The third kappa shape index (κ3) is 11.1. The first-order chi connectivity index (χ1) is 10.3. The highest BCUT2D eigenvalue weighted by Gasteiger charge is 2.22. The molecule has 0 atom stereocenters. The van der Waals surface area contributed by atoms with Gasteiger partial charge in [-0.15, -0.1) is 0 Å². The van der Waals surface area contributed by atoms with Crippen molar-refractivity contribution >= 4 is 14.2 Å². The molecule has 0 aromatic rings. The van der Waals surface area contributed by atoms with Gasteiger partial charge < -0.3 is 9.80 Å². The molecule has 0 aliphatic rings. The molecule has 0 aliphatic carbocycles. The summed E-state index contributed by atoms with van der Waals surface area (Å²) < 4.78 is 5.08. The molecule has 0 heterocycles. The van der Waals surface area contributed by atoms with Crippen molar-refractivity contribution in [3.05, 3.63) is 0 Å². The van der Waals surface area contributed by atoms with Crippen molar-refractivity contribution in [3.8, 4) is 0 Å². The molecule has 4 heteroatoms. The van der Waals surface area contributed by atoms with Gasteiger partial charge in [-0.3, -0.25) is 4.66 Å². The molecule has 0 saturated heterocycles. The van der Waals surface area contributed by atoms with Gasteiger partial charge in [-0.25, -0.2) is 0 Å². The van der Waals surface area contributed by atoms with Gasteiger partial charge in [0.25, 0.3) is 0 Å². The fourth-order valence-electron chi connectivity index (χ4n) is 2.79. The van der Waals surface area contributed by atoms with Crippen LogP contribution < -0.4 is 0 Å². The van der Waals surface area contributed by atoms with E-state index in [0.717, 1.165) is 5.96 Å². The monoisotopic (exact) mass is 327 g/mol. The fraction of sp³-hybridized carbons (Fsp3) is 0.944. The molecule has 0 spiro atoms. The minimum Gasteiger partial charge on any atom is -0.350 e. The predicted molar refractivity (Wildman–Crippen MR) is 104 cm³/mol. The Morgan fingerprint density at radius 1 is 0.727 bits per heavy atom. The van der Waals surface area contributed by atoms with Gasteiger partial charge in [-0.2, -0.15) is 0 Å². The van der Waals surface area contributed by atoms with E-state index in [9.17, 15) is 0 Å². The maximum atomic E-state index is 5.08. The highest BCUT2D eigenvalue weighted by atomic mass is 28.3. The van der Waals surface area contributed by atoms with Gasteiger partial charge in [0, 0.05) is 28.2 Å². The first-order valence-electron chi connectivity index (χ1n) is 9.24. The van der Waals surface area contributed by atoms with Crippen LogP contribution in [0.5, 0.6) is 0 Å². The Hall–Kier alpha value is -0.513. The molecule has 0 bridgehead atoms. The van der Waals surface area contributed by atoms with Gasteiger partial charge in [0.1, 0.15) is 0 Å². The number of unbranched alkanes of at least 4 members (excludes halogenated alkanes) is 8. The summed E-state index contributed by atoms with van der Waals surface area (Å²) in [5.74, 6) is 1.12. The summed E-state index contributed by atoms with van der Waals surface area (Å²) in [6.07, 6.45) is 12.6. The Labute approximate surface area is 141 Å². The molecule has 22 heavy (non-hydrogen) atoms. The summed E-state index contributed by atoms with van der Waals surface area (Å²) in [5.41, 5.74) is 0. The van der Waals surface area contributed by atoms with Crippen LogP contribution in [0.1, 0.15) is 64.7 Å². The van der Waals surface area contributed by atoms with E-state index in [1.165, 1.54) is 63.8 Å². The summed E-state index contributed by atoms with van der Waals surface area (Å²) in [4.78, 5) is 4.26. The minimum atomic E-state index is -1.47. The quantitative estimate of drug-likeness (QED) is 0.225. The van der Waals surface area contributed by atoms with Crippen LogP contribution in [-0.2, 0) is 0 Å². The van der Waals surface area contributed by atoms with Crippen LogP contribution in [0.3, 0.4) is 0 Å². The van der Waals surface area contributed by atoms with Gasteiger partial charge in [0.2, 0.25) is 0 Å². The second-order valence-electron chi connectivity index (χ2n) is 7.59. The van der Waals surface area contributed by atoms with Gasteiger partial charge in [-0.05, 0) is 19.1 Å². The zero-order valence-corrected chi connectivity index (χ0v) is 17.4. The van der Waals surface area contributed by atoms with Crippen molar-refractivity contribution in [2.45, 2.75) is 83.8 Å². The number of hydrogen-bond acceptors (Lipinski definition) is 1. The lowest BCUT2D eigenvalue weighted by Crippen LogP contribution is -2.39. The number of guanidine groups is 1. The molecular formula is C18H41N3Si. The largest absolute Gasteiger partial charge is 0.350 e. The summed E-state index contributed by atoms with van der Waals surface area (Å²) in [6, 6.07) is 1.31. The maximum absolute atomic E-state index is 5.08. The van der Waals surface area contributed by atoms with Gasteiger partial charge in [-0.1, -0.05) is 64.7 Å². The van der Waals surface area contributed by atoms with Crippen LogP contribution in [-0.4, -0.2) is 52.2 Å². The van der Waals surface area contributed by atoms with E-state index >= 15 is 0 Å². The molecule has 0 aromatic carbocycles. The molecular weight excluding hydrogens is 286 g/mol. The lowest BCUT2D eigenvalue weighted by Gasteiger charge is -2.27. The van der Waals surface area contributed by atoms with Gasteiger partial charge in [0.15, 0.2) is 14.2 Å². The fourth-order valence-corrected chi connectivity index (χ4v) is 4.96. The number of rotatable bonds is 11. The molecule has 0 saturated carbocycles. The normalized spacial score (nSPS) is 11.4. The molecule has 0 rings (SSSR count). The lowest BCUT2D eigenvalue weighted by molar-refractivity contribution is 0.485. The molecule has 0 N–H and O–H groups in total. The first-order valence-corrected chi connectivity index (χ1v) is 12.4. The molecule has 0 fully saturated rings. The lowest BCUT2D eigenvalue weighted by atomic mass is 10.1. The van der Waals surface area contributed by atoms with Crippen LogP contribution >= 0.6 is 0 Å². The van der Waals surface area contributed by atoms with Crippen molar-refractivity contribution in [3.63, 3.8) is 0 Å². The molecule has 0 unspecified atom stereocenters. The van der Waals surface area contributed by atoms with Gasteiger partial charge in [0.05, 0.1) is 0 Å². The second kappa shape index (κ2) is 12.0. The van der Waals surface area contributed by atoms with Crippen molar-refractivity contribution in [1.82, 2.24) is 9.80 Å².